The molecule has 0 radical (unpaired) electrons. The molecule has 160 valence electrons. The summed E-state index contributed by atoms with van der Waals surface area (Å²) in [6.45, 7) is 2.67. The van der Waals surface area contributed by atoms with Gasteiger partial charge in [0.1, 0.15) is 11.5 Å². The van der Waals surface area contributed by atoms with Gasteiger partial charge in [-0.2, -0.15) is 0 Å². The van der Waals surface area contributed by atoms with Gasteiger partial charge >= 0.3 is 0 Å². The summed E-state index contributed by atoms with van der Waals surface area (Å²) in [5, 5.41) is 3.15. The fourth-order valence-corrected chi connectivity index (χ4v) is 4.12. The van der Waals surface area contributed by atoms with Crippen LogP contribution >= 0.6 is 0 Å². The molecule has 1 aliphatic heterocycles. The lowest BCUT2D eigenvalue weighted by atomic mass is 10.0. The van der Waals surface area contributed by atoms with Gasteiger partial charge in [-0.3, -0.25) is 9.69 Å². The molecule has 1 N–H and O–H groups in total. The summed E-state index contributed by atoms with van der Waals surface area (Å²) in [4.78, 5) is 15.0. The number of rotatable bonds is 7. The first kappa shape index (κ1) is 20.9. The standard InChI is InChI=1S/C26H28N2O3/c1-30-24-9-5-3-7-22(24)20-13-11-19(12-14-20)17-28-16-15-21(18-28)27-26(29)23-8-4-6-10-25(23)31-2/h3-14,21H,15-18H2,1-2H3,(H,27,29). The SMILES string of the molecule is COc1ccccc1C(=O)NC1CCN(Cc2ccc(-c3ccccc3OC)cc2)C1. The average molecular weight is 417 g/mol. The van der Waals surface area contributed by atoms with Gasteiger partial charge in [0.25, 0.3) is 5.91 Å². The van der Waals surface area contributed by atoms with Crippen molar-refractivity contribution in [2.24, 2.45) is 0 Å². The summed E-state index contributed by atoms with van der Waals surface area (Å²) in [5.74, 6) is 1.40. The zero-order valence-corrected chi connectivity index (χ0v) is 18.0. The molecule has 0 bridgehead atoms. The molecule has 0 aromatic heterocycles. The Kier molecular flexibility index (Phi) is 6.53. The highest BCUT2D eigenvalue weighted by Gasteiger charge is 2.25. The van der Waals surface area contributed by atoms with Crippen LogP contribution in [0, 0.1) is 0 Å². The minimum atomic E-state index is -0.0783. The Morgan fingerprint density at radius 3 is 2.35 bits per heavy atom. The Labute approximate surface area is 183 Å². The number of ether oxygens (including phenoxy) is 2. The Morgan fingerprint density at radius 2 is 1.61 bits per heavy atom. The third-order valence-electron chi connectivity index (χ3n) is 5.74. The van der Waals surface area contributed by atoms with Crippen molar-refractivity contribution in [1.29, 1.82) is 0 Å². The zero-order chi connectivity index (χ0) is 21.6. The number of para-hydroxylation sites is 2. The summed E-state index contributed by atoms with van der Waals surface area (Å²) in [6, 6.07) is 24.1. The monoisotopic (exact) mass is 416 g/mol. The zero-order valence-electron chi connectivity index (χ0n) is 18.0. The van der Waals surface area contributed by atoms with Crippen molar-refractivity contribution in [3.8, 4) is 22.6 Å². The van der Waals surface area contributed by atoms with Crippen LogP contribution in [0.2, 0.25) is 0 Å². The molecular formula is C26H28N2O3. The molecule has 31 heavy (non-hydrogen) atoms. The topological polar surface area (TPSA) is 50.8 Å². The van der Waals surface area contributed by atoms with Crippen LogP contribution in [0.25, 0.3) is 11.1 Å². The number of nitrogens with one attached hydrogen (secondary N) is 1. The van der Waals surface area contributed by atoms with E-state index in [9.17, 15) is 4.79 Å². The van der Waals surface area contributed by atoms with Crippen molar-refractivity contribution in [3.63, 3.8) is 0 Å². The van der Waals surface area contributed by atoms with Crippen molar-refractivity contribution >= 4 is 5.91 Å². The first-order valence-electron chi connectivity index (χ1n) is 10.6. The van der Waals surface area contributed by atoms with E-state index in [2.05, 4.69) is 40.5 Å². The first-order valence-corrected chi connectivity index (χ1v) is 10.6. The minimum Gasteiger partial charge on any atom is -0.496 e. The molecular weight excluding hydrogens is 388 g/mol. The number of hydrogen-bond acceptors (Lipinski definition) is 4. The molecule has 1 unspecified atom stereocenters. The van der Waals surface area contributed by atoms with Crippen LogP contribution in [0.15, 0.2) is 72.8 Å². The molecule has 1 fully saturated rings. The number of hydrogen-bond donors (Lipinski definition) is 1. The molecule has 5 heteroatoms. The van der Waals surface area contributed by atoms with Crippen LogP contribution in [0.3, 0.4) is 0 Å². The van der Waals surface area contributed by atoms with Gasteiger partial charge < -0.3 is 14.8 Å². The van der Waals surface area contributed by atoms with Crippen LogP contribution in [-0.2, 0) is 6.54 Å². The molecule has 1 atom stereocenters. The van der Waals surface area contributed by atoms with E-state index in [1.54, 1.807) is 20.3 Å². The quantitative estimate of drug-likeness (QED) is 0.621. The maximum absolute atomic E-state index is 12.6. The van der Waals surface area contributed by atoms with Crippen LogP contribution in [0.5, 0.6) is 11.5 Å². The van der Waals surface area contributed by atoms with Crippen molar-refractivity contribution in [3.05, 3.63) is 83.9 Å². The number of likely N-dealkylation sites (tertiary alicyclic amines) is 1. The maximum Gasteiger partial charge on any atom is 0.255 e. The molecule has 0 saturated carbocycles. The molecule has 1 heterocycles. The molecule has 1 amide bonds. The second-order valence-electron chi connectivity index (χ2n) is 7.79. The highest BCUT2D eigenvalue weighted by atomic mass is 16.5. The van der Waals surface area contributed by atoms with Crippen LogP contribution in [-0.4, -0.2) is 44.2 Å². The molecule has 5 nitrogen and oxygen atoms in total. The number of benzene rings is 3. The normalized spacial score (nSPS) is 16.1. The van der Waals surface area contributed by atoms with E-state index >= 15 is 0 Å². The Bertz CT molecular complexity index is 1030. The van der Waals surface area contributed by atoms with E-state index in [0.29, 0.717) is 11.3 Å². The maximum atomic E-state index is 12.6. The van der Waals surface area contributed by atoms with Crippen molar-refractivity contribution in [2.45, 2.75) is 19.0 Å². The van der Waals surface area contributed by atoms with Crippen LogP contribution < -0.4 is 14.8 Å². The molecule has 0 aliphatic carbocycles. The molecule has 4 rings (SSSR count). The third-order valence-corrected chi connectivity index (χ3v) is 5.74. The Balaban J connectivity index is 1.34. The van der Waals surface area contributed by atoms with Gasteiger partial charge in [0.2, 0.25) is 0 Å². The van der Waals surface area contributed by atoms with Crippen LogP contribution in [0.1, 0.15) is 22.3 Å². The van der Waals surface area contributed by atoms with Crippen molar-refractivity contribution < 1.29 is 14.3 Å². The fraction of sp³-hybridized carbons (Fsp3) is 0.269. The predicted octanol–water partition coefficient (Wildman–Crippen LogP) is 4.38. The van der Waals surface area contributed by atoms with Crippen molar-refractivity contribution in [2.75, 3.05) is 27.3 Å². The van der Waals surface area contributed by atoms with E-state index < -0.39 is 0 Å². The summed E-state index contributed by atoms with van der Waals surface area (Å²) in [7, 11) is 3.28. The lowest BCUT2D eigenvalue weighted by Crippen LogP contribution is -2.37. The fourth-order valence-electron chi connectivity index (χ4n) is 4.12. The van der Waals surface area contributed by atoms with Gasteiger partial charge in [-0.25, -0.2) is 0 Å². The highest BCUT2D eigenvalue weighted by molar-refractivity contribution is 5.97. The molecule has 3 aromatic carbocycles. The Hall–Kier alpha value is -3.31. The van der Waals surface area contributed by atoms with Gasteiger partial charge in [-0.1, -0.05) is 54.6 Å². The number of nitrogens with zero attached hydrogens (tertiary/aromatic N) is 1. The second kappa shape index (κ2) is 9.67. The molecule has 0 spiro atoms. The first-order chi connectivity index (χ1) is 15.2. The second-order valence-corrected chi connectivity index (χ2v) is 7.79. The molecule has 1 aliphatic rings. The van der Waals surface area contributed by atoms with Gasteiger partial charge in [0.15, 0.2) is 0 Å². The number of methoxy groups -OCH3 is 2. The number of carbonyl (C=O) groups excluding carboxylic acids is 1. The van der Waals surface area contributed by atoms with E-state index in [0.717, 1.165) is 42.9 Å². The summed E-state index contributed by atoms with van der Waals surface area (Å²) >= 11 is 0. The number of carbonyl (C=O) groups is 1. The smallest absolute Gasteiger partial charge is 0.255 e. The van der Waals surface area contributed by atoms with Crippen molar-refractivity contribution in [1.82, 2.24) is 10.2 Å². The van der Waals surface area contributed by atoms with Gasteiger partial charge in [-0.15, -0.1) is 0 Å². The third kappa shape index (κ3) is 4.89. The van der Waals surface area contributed by atoms with Crippen LogP contribution in [0.4, 0.5) is 0 Å². The average Bonchev–Trinajstić information content (AvgIpc) is 3.26. The lowest BCUT2D eigenvalue weighted by molar-refractivity contribution is 0.0934. The van der Waals surface area contributed by atoms with Gasteiger partial charge in [0.05, 0.1) is 19.8 Å². The largest absolute Gasteiger partial charge is 0.496 e. The van der Waals surface area contributed by atoms with E-state index in [1.807, 2.05) is 36.4 Å². The Morgan fingerprint density at radius 1 is 0.935 bits per heavy atom. The molecule has 1 saturated heterocycles. The summed E-state index contributed by atoms with van der Waals surface area (Å²) < 4.78 is 10.8. The lowest BCUT2D eigenvalue weighted by Gasteiger charge is -2.18. The van der Waals surface area contributed by atoms with E-state index in [1.165, 1.54) is 5.56 Å². The highest BCUT2D eigenvalue weighted by Crippen LogP contribution is 2.30. The summed E-state index contributed by atoms with van der Waals surface area (Å²) in [5.41, 5.74) is 4.08. The minimum absolute atomic E-state index is 0.0783. The van der Waals surface area contributed by atoms with Gasteiger partial charge in [-0.05, 0) is 35.7 Å². The predicted molar refractivity (Wildman–Crippen MR) is 123 cm³/mol. The summed E-state index contributed by atoms with van der Waals surface area (Å²) in [6.07, 6.45) is 0.945. The van der Waals surface area contributed by atoms with Gasteiger partial charge in [0, 0.05) is 31.2 Å². The van der Waals surface area contributed by atoms with E-state index in [-0.39, 0.29) is 11.9 Å². The van der Waals surface area contributed by atoms with E-state index in [4.69, 9.17) is 9.47 Å². The molecule has 3 aromatic rings. The number of amides is 1.